The molecule has 1 saturated heterocycles. The van der Waals surface area contributed by atoms with Crippen LogP contribution in [0.4, 0.5) is 5.69 Å². The Morgan fingerprint density at radius 1 is 1.38 bits per heavy atom. The fourth-order valence-corrected chi connectivity index (χ4v) is 2.85. The highest BCUT2D eigenvalue weighted by atomic mass is 16.3. The summed E-state index contributed by atoms with van der Waals surface area (Å²) < 4.78 is 0. The van der Waals surface area contributed by atoms with Crippen molar-refractivity contribution in [3.05, 3.63) is 29.8 Å². The molecule has 0 saturated carbocycles. The highest BCUT2D eigenvalue weighted by molar-refractivity contribution is 6.04. The van der Waals surface area contributed by atoms with Gasteiger partial charge in [-0.25, -0.2) is 0 Å². The molecule has 0 aliphatic carbocycles. The van der Waals surface area contributed by atoms with E-state index < -0.39 is 0 Å². The zero-order valence-electron chi connectivity index (χ0n) is 12.5. The first-order valence-corrected chi connectivity index (χ1v) is 7.27. The minimum absolute atomic E-state index is 0.0406. The second-order valence-corrected chi connectivity index (χ2v) is 5.64. The average Bonchev–Trinajstić information content (AvgIpc) is 2.79. The predicted molar refractivity (Wildman–Crippen MR) is 81.3 cm³/mol. The number of Topliss-reactive ketones (excluding diaryl/α,β-unsaturated/α-hetero) is 1. The van der Waals surface area contributed by atoms with Crippen LogP contribution in [0.1, 0.15) is 30.6 Å². The molecule has 21 heavy (non-hydrogen) atoms. The van der Waals surface area contributed by atoms with Crippen LogP contribution < -0.4 is 5.32 Å². The smallest absolute Gasteiger partial charge is 0.238 e. The summed E-state index contributed by atoms with van der Waals surface area (Å²) in [5.41, 5.74) is 1.06. The van der Waals surface area contributed by atoms with Gasteiger partial charge in [0, 0.05) is 11.6 Å². The first-order chi connectivity index (χ1) is 10.0. The minimum atomic E-state index is -0.156. The van der Waals surface area contributed by atoms with Crippen LogP contribution in [0.25, 0.3) is 0 Å². The van der Waals surface area contributed by atoms with Gasteiger partial charge in [0.1, 0.15) is 0 Å². The molecule has 1 aromatic rings. The number of carbonyl (C=O) groups is 2. The Labute approximate surface area is 125 Å². The van der Waals surface area contributed by atoms with Crippen molar-refractivity contribution in [2.75, 3.05) is 25.0 Å². The molecule has 1 aliphatic heterocycles. The Morgan fingerprint density at radius 2 is 2.10 bits per heavy atom. The summed E-state index contributed by atoms with van der Waals surface area (Å²) in [5.74, 6) is 0.164. The zero-order valence-corrected chi connectivity index (χ0v) is 12.5. The summed E-state index contributed by atoms with van der Waals surface area (Å²) in [5, 5.41) is 12.2. The fraction of sp³-hybridized carbons (Fsp3) is 0.500. The van der Waals surface area contributed by atoms with E-state index in [9.17, 15) is 14.7 Å². The van der Waals surface area contributed by atoms with Crippen LogP contribution >= 0.6 is 0 Å². The average molecular weight is 290 g/mol. The summed E-state index contributed by atoms with van der Waals surface area (Å²) in [6.45, 7) is 4.69. The number of ketones is 1. The molecule has 1 fully saturated rings. The molecule has 5 nitrogen and oxygen atoms in total. The Hall–Kier alpha value is -1.72. The molecule has 5 heteroatoms. The van der Waals surface area contributed by atoms with E-state index in [0.717, 1.165) is 13.0 Å². The highest BCUT2D eigenvalue weighted by Crippen LogP contribution is 2.23. The number of nitrogens with one attached hydrogen (secondary N) is 1. The van der Waals surface area contributed by atoms with Crippen LogP contribution in [0.5, 0.6) is 0 Å². The van der Waals surface area contributed by atoms with Gasteiger partial charge in [-0.1, -0.05) is 19.1 Å². The largest absolute Gasteiger partial charge is 0.395 e. The number of benzene rings is 1. The Morgan fingerprint density at radius 3 is 2.76 bits per heavy atom. The highest BCUT2D eigenvalue weighted by Gasteiger charge is 2.31. The van der Waals surface area contributed by atoms with Crippen molar-refractivity contribution in [3.8, 4) is 0 Å². The van der Waals surface area contributed by atoms with Crippen molar-refractivity contribution in [2.45, 2.75) is 26.3 Å². The number of aliphatic hydroxyl groups is 1. The normalized spacial score (nSPS) is 22.2. The number of likely N-dealkylation sites (tertiary alicyclic amines) is 1. The molecular formula is C16H22N2O3. The van der Waals surface area contributed by atoms with Gasteiger partial charge >= 0.3 is 0 Å². The Balaban J connectivity index is 2.01. The van der Waals surface area contributed by atoms with E-state index in [0.29, 0.717) is 17.2 Å². The third-order valence-electron chi connectivity index (χ3n) is 4.11. The van der Waals surface area contributed by atoms with Crippen LogP contribution in [0.15, 0.2) is 24.3 Å². The lowest BCUT2D eigenvalue weighted by Gasteiger charge is -2.24. The quantitative estimate of drug-likeness (QED) is 0.807. The van der Waals surface area contributed by atoms with Crippen LogP contribution in [-0.2, 0) is 4.79 Å². The van der Waals surface area contributed by atoms with E-state index in [1.54, 1.807) is 24.3 Å². The maximum atomic E-state index is 12.2. The maximum Gasteiger partial charge on any atom is 0.238 e. The molecular weight excluding hydrogens is 268 g/mol. The van der Waals surface area contributed by atoms with E-state index in [2.05, 4.69) is 12.2 Å². The number of rotatable bonds is 5. The number of amides is 1. The van der Waals surface area contributed by atoms with Gasteiger partial charge in [-0.3, -0.25) is 14.5 Å². The molecule has 0 spiro atoms. The Kier molecular flexibility index (Phi) is 5.09. The third kappa shape index (κ3) is 3.68. The molecule has 0 aromatic heterocycles. The molecule has 1 heterocycles. The van der Waals surface area contributed by atoms with E-state index >= 15 is 0 Å². The molecule has 1 aliphatic rings. The summed E-state index contributed by atoms with van der Waals surface area (Å²) in [6.07, 6.45) is 0.989. The van der Waals surface area contributed by atoms with Crippen molar-refractivity contribution in [2.24, 2.45) is 5.92 Å². The van der Waals surface area contributed by atoms with Crippen molar-refractivity contribution in [1.82, 2.24) is 4.90 Å². The van der Waals surface area contributed by atoms with E-state index in [4.69, 9.17) is 0 Å². The molecule has 2 rings (SSSR count). The lowest BCUT2D eigenvalue weighted by Crippen LogP contribution is -2.40. The standard InChI is InChI=1S/C16H22N2O3/c1-11-7-8-18(15(11)10-19)9-16(21)17-14-6-4-3-5-13(14)12(2)20/h3-6,11,15,19H,7-10H2,1-2H3,(H,17,21). The molecule has 2 N–H and O–H groups in total. The van der Waals surface area contributed by atoms with Gasteiger partial charge in [-0.05, 0) is 37.9 Å². The number of anilines is 1. The first kappa shape index (κ1) is 15.7. The van der Waals surface area contributed by atoms with Crippen molar-refractivity contribution < 1.29 is 14.7 Å². The maximum absolute atomic E-state index is 12.2. The summed E-state index contributed by atoms with van der Waals surface area (Å²) in [6, 6.07) is 7.03. The summed E-state index contributed by atoms with van der Waals surface area (Å²) in [7, 11) is 0. The minimum Gasteiger partial charge on any atom is -0.395 e. The molecule has 2 unspecified atom stereocenters. The number of para-hydroxylation sites is 1. The van der Waals surface area contributed by atoms with Gasteiger partial charge in [-0.15, -0.1) is 0 Å². The van der Waals surface area contributed by atoms with Gasteiger partial charge in [0.15, 0.2) is 5.78 Å². The van der Waals surface area contributed by atoms with Crippen LogP contribution in [0.3, 0.4) is 0 Å². The Bertz CT molecular complexity index is 530. The number of hydrogen-bond donors (Lipinski definition) is 2. The zero-order chi connectivity index (χ0) is 15.4. The predicted octanol–water partition coefficient (Wildman–Crippen LogP) is 1.53. The summed E-state index contributed by atoms with van der Waals surface area (Å²) in [4.78, 5) is 25.7. The van der Waals surface area contributed by atoms with Crippen molar-refractivity contribution in [1.29, 1.82) is 0 Å². The summed E-state index contributed by atoms with van der Waals surface area (Å²) >= 11 is 0. The van der Waals surface area contributed by atoms with Crippen molar-refractivity contribution in [3.63, 3.8) is 0 Å². The second-order valence-electron chi connectivity index (χ2n) is 5.64. The van der Waals surface area contributed by atoms with E-state index in [-0.39, 0.29) is 30.9 Å². The van der Waals surface area contributed by atoms with Gasteiger partial charge in [0.25, 0.3) is 0 Å². The molecule has 1 aromatic carbocycles. The van der Waals surface area contributed by atoms with Gasteiger partial charge < -0.3 is 10.4 Å². The number of carbonyl (C=O) groups excluding carboxylic acids is 2. The van der Waals surface area contributed by atoms with E-state index in [1.165, 1.54) is 6.92 Å². The van der Waals surface area contributed by atoms with Gasteiger partial charge in [-0.2, -0.15) is 0 Å². The number of aliphatic hydroxyl groups excluding tert-OH is 1. The molecule has 2 atom stereocenters. The van der Waals surface area contributed by atoms with Crippen LogP contribution in [0, 0.1) is 5.92 Å². The topological polar surface area (TPSA) is 69.6 Å². The third-order valence-corrected chi connectivity index (χ3v) is 4.11. The molecule has 0 bridgehead atoms. The number of hydrogen-bond acceptors (Lipinski definition) is 4. The van der Waals surface area contributed by atoms with Crippen molar-refractivity contribution >= 4 is 17.4 Å². The monoisotopic (exact) mass is 290 g/mol. The van der Waals surface area contributed by atoms with Crippen LogP contribution in [-0.4, -0.2) is 47.4 Å². The van der Waals surface area contributed by atoms with Gasteiger partial charge in [0.05, 0.1) is 18.8 Å². The second kappa shape index (κ2) is 6.83. The molecule has 114 valence electrons. The molecule has 0 radical (unpaired) electrons. The number of nitrogens with zero attached hydrogens (tertiary/aromatic N) is 1. The lowest BCUT2D eigenvalue weighted by atomic mass is 10.0. The van der Waals surface area contributed by atoms with Crippen LogP contribution in [0.2, 0.25) is 0 Å². The first-order valence-electron chi connectivity index (χ1n) is 7.27. The van der Waals surface area contributed by atoms with E-state index in [1.807, 2.05) is 4.90 Å². The SMILES string of the molecule is CC(=O)c1ccccc1NC(=O)CN1CCC(C)C1CO. The fourth-order valence-electron chi connectivity index (χ4n) is 2.85. The lowest BCUT2D eigenvalue weighted by molar-refractivity contribution is -0.117. The molecule has 1 amide bonds. The van der Waals surface area contributed by atoms with Gasteiger partial charge in [0.2, 0.25) is 5.91 Å².